The summed E-state index contributed by atoms with van der Waals surface area (Å²) in [4.78, 5) is 16.5. The van der Waals surface area contributed by atoms with E-state index >= 15 is 0 Å². The van der Waals surface area contributed by atoms with Crippen LogP contribution in [0.5, 0.6) is 0 Å². The zero-order chi connectivity index (χ0) is 21.5. The monoisotopic (exact) mass is 433 g/mol. The molecular weight excluding hydrogens is 413 g/mol. The number of ether oxygens (including phenoxy) is 1. The molecule has 2 aromatic heterocycles. The third kappa shape index (κ3) is 3.85. The van der Waals surface area contributed by atoms with Gasteiger partial charge < -0.3 is 10.1 Å². The smallest absolute Gasteiger partial charge is 0.343 e. The van der Waals surface area contributed by atoms with Crippen LogP contribution in [0, 0.1) is 12.7 Å². The van der Waals surface area contributed by atoms with E-state index in [-0.39, 0.29) is 34.6 Å². The van der Waals surface area contributed by atoms with Crippen LogP contribution in [-0.4, -0.2) is 41.6 Å². The zero-order valence-electron chi connectivity index (χ0n) is 16.3. The Labute approximate surface area is 172 Å². The number of hydrogen-bond acceptors (Lipinski definition) is 7. The maximum atomic E-state index is 13.5. The summed E-state index contributed by atoms with van der Waals surface area (Å²) >= 11 is 0. The maximum absolute atomic E-state index is 13.5. The number of nitrogens with one attached hydrogen (secondary N) is 2. The highest BCUT2D eigenvalue weighted by molar-refractivity contribution is 7.89. The van der Waals surface area contributed by atoms with Crippen LogP contribution in [0.2, 0.25) is 0 Å². The minimum atomic E-state index is -3.82. The highest BCUT2D eigenvalue weighted by Crippen LogP contribution is 2.28. The Morgan fingerprint density at radius 2 is 2.10 bits per heavy atom. The Bertz CT molecular complexity index is 1240. The highest BCUT2D eigenvalue weighted by Gasteiger charge is 2.31. The second kappa shape index (κ2) is 7.65. The predicted octanol–water partition coefficient (Wildman–Crippen LogP) is 2.54. The van der Waals surface area contributed by atoms with Gasteiger partial charge in [-0.25, -0.2) is 27.3 Å². The van der Waals surface area contributed by atoms with Crippen molar-refractivity contribution in [2.75, 3.05) is 11.9 Å². The Morgan fingerprint density at radius 3 is 2.77 bits per heavy atom. The fraction of sp³-hybridized carbons (Fsp3) is 0.316. The lowest BCUT2D eigenvalue weighted by Gasteiger charge is -2.14. The number of rotatable bonds is 7. The second-order valence-corrected chi connectivity index (χ2v) is 8.65. The van der Waals surface area contributed by atoms with Crippen LogP contribution >= 0.6 is 0 Å². The number of fused-ring (bicyclic) bond motifs is 1. The van der Waals surface area contributed by atoms with Crippen LogP contribution in [0.1, 0.15) is 35.7 Å². The fourth-order valence-corrected chi connectivity index (χ4v) is 4.32. The lowest BCUT2D eigenvalue weighted by atomic mass is 10.2. The molecule has 0 bridgehead atoms. The zero-order valence-corrected chi connectivity index (χ0v) is 17.2. The number of esters is 1. The van der Waals surface area contributed by atoms with E-state index in [1.165, 1.54) is 35.1 Å². The van der Waals surface area contributed by atoms with Gasteiger partial charge in [0.1, 0.15) is 16.3 Å². The molecule has 2 heterocycles. The molecule has 0 atom stereocenters. The molecule has 1 saturated carbocycles. The maximum Gasteiger partial charge on any atom is 0.343 e. The quantitative estimate of drug-likeness (QED) is 0.550. The van der Waals surface area contributed by atoms with E-state index in [1.54, 1.807) is 13.8 Å². The molecule has 1 aromatic carbocycles. The number of nitrogens with zero attached hydrogens (tertiary/aromatic N) is 3. The summed E-state index contributed by atoms with van der Waals surface area (Å²) in [5, 5.41) is 7.20. The number of carbonyl (C=O) groups excluding carboxylic acids is 1. The Morgan fingerprint density at radius 1 is 1.33 bits per heavy atom. The largest absolute Gasteiger partial charge is 0.462 e. The van der Waals surface area contributed by atoms with Crippen molar-refractivity contribution in [2.45, 2.75) is 37.6 Å². The van der Waals surface area contributed by atoms with Crippen molar-refractivity contribution in [3.8, 4) is 0 Å². The van der Waals surface area contributed by atoms with Gasteiger partial charge in [-0.2, -0.15) is 9.61 Å². The Kier molecular flexibility index (Phi) is 5.16. The molecule has 4 rings (SSSR count). The van der Waals surface area contributed by atoms with Crippen molar-refractivity contribution < 1.29 is 22.3 Å². The first-order valence-corrected chi connectivity index (χ1v) is 10.9. The normalized spacial score (nSPS) is 14.1. The molecule has 158 valence electrons. The van der Waals surface area contributed by atoms with E-state index in [2.05, 4.69) is 20.1 Å². The van der Waals surface area contributed by atoms with Crippen LogP contribution in [0.4, 0.5) is 15.9 Å². The summed E-state index contributed by atoms with van der Waals surface area (Å²) in [7, 11) is -3.82. The average molecular weight is 433 g/mol. The van der Waals surface area contributed by atoms with Gasteiger partial charge >= 0.3 is 5.97 Å². The summed E-state index contributed by atoms with van der Waals surface area (Å²) in [6.07, 6.45) is 4.00. The lowest BCUT2D eigenvalue weighted by molar-refractivity contribution is 0.0526. The van der Waals surface area contributed by atoms with Gasteiger partial charge in [0.2, 0.25) is 10.0 Å². The first kappa shape index (κ1) is 20.2. The van der Waals surface area contributed by atoms with Gasteiger partial charge in [0.15, 0.2) is 11.5 Å². The molecule has 0 saturated heterocycles. The molecule has 1 aliphatic rings. The lowest BCUT2D eigenvalue weighted by Crippen LogP contribution is -2.25. The second-order valence-electron chi connectivity index (χ2n) is 6.96. The van der Waals surface area contributed by atoms with E-state index in [4.69, 9.17) is 4.74 Å². The number of aryl methyl sites for hydroxylation is 1. The van der Waals surface area contributed by atoms with Crippen LogP contribution in [0.3, 0.4) is 0 Å². The van der Waals surface area contributed by atoms with Crippen molar-refractivity contribution in [1.82, 2.24) is 19.3 Å². The SMILES string of the molecule is CCOC(=O)c1cnc2c(S(=O)(=O)NC3CC3)cnn2c1Nc1ccc(F)cc1C. The molecule has 0 amide bonds. The van der Waals surface area contributed by atoms with Gasteiger partial charge in [-0.05, 0) is 50.5 Å². The summed E-state index contributed by atoms with van der Waals surface area (Å²) in [6, 6.07) is 4.05. The topological polar surface area (TPSA) is 115 Å². The number of benzene rings is 1. The van der Waals surface area contributed by atoms with Gasteiger partial charge in [0, 0.05) is 17.9 Å². The molecule has 2 N–H and O–H groups in total. The molecule has 0 spiro atoms. The van der Waals surface area contributed by atoms with Crippen molar-refractivity contribution in [1.29, 1.82) is 0 Å². The first-order chi connectivity index (χ1) is 14.3. The van der Waals surface area contributed by atoms with E-state index < -0.39 is 21.8 Å². The molecule has 11 heteroatoms. The number of hydrogen-bond donors (Lipinski definition) is 2. The molecule has 0 aliphatic heterocycles. The van der Waals surface area contributed by atoms with Crippen molar-refractivity contribution in [3.63, 3.8) is 0 Å². The van der Waals surface area contributed by atoms with Crippen molar-refractivity contribution >= 4 is 33.1 Å². The predicted molar refractivity (Wildman–Crippen MR) is 107 cm³/mol. The average Bonchev–Trinajstić information content (AvgIpc) is 3.37. The van der Waals surface area contributed by atoms with Crippen LogP contribution in [0.25, 0.3) is 5.65 Å². The molecule has 3 aromatic rings. The van der Waals surface area contributed by atoms with Crippen molar-refractivity contribution in [3.05, 3.63) is 47.5 Å². The van der Waals surface area contributed by atoms with E-state index in [1.807, 2.05) is 0 Å². The molecule has 1 aliphatic carbocycles. The summed E-state index contributed by atoms with van der Waals surface area (Å²) in [6.45, 7) is 3.52. The third-order valence-electron chi connectivity index (χ3n) is 4.62. The summed E-state index contributed by atoms with van der Waals surface area (Å²) in [5.74, 6) is -0.881. The number of carbonyl (C=O) groups is 1. The molecule has 9 nitrogen and oxygen atoms in total. The van der Waals surface area contributed by atoms with E-state index in [0.717, 1.165) is 12.8 Å². The minimum absolute atomic E-state index is 0.0541. The first-order valence-electron chi connectivity index (χ1n) is 9.39. The fourth-order valence-electron chi connectivity index (χ4n) is 2.96. The van der Waals surface area contributed by atoms with Crippen LogP contribution in [-0.2, 0) is 14.8 Å². The summed E-state index contributed by atoms with van der Waals surface area (Å²) < 4.78 is 47.8. The number of halogens is 1. The number of sulfonamides is 1. The van der Waals surface area contributed by atoms with Gasteiger partial charge in [0.25, 0.3) is 0 Å². The molecular formula is C19H20FN5O4S. The van der Waals surface area contributed by atoms with Gasteiger partial charge in [-0.3, -0.25) is 0 Å². The van der Waals surface area contributed by atoms with Crippen molar-refractivity contribution in [2.24, 2.45) is 0 Å². The Hall–Kier alpha value is -3.05. The van der Waals surface area contributed by atoms with Crippen LogP contribution < -0.4 is 10.0 Å². The van der Waals surface area contributed by atoms with E-state index in [0.29, 0.717) is 11.3 Å². The van der Waals surface area contributed by atoms with Crippen LogP contribution in [0.15, 0.2) is 35.5 Å². The standard InChI is InChI=1S/C19H20FN5O4S/c1-3-29-19(26)14-9-21-18-16(30(27,28)24-13-5-6-13)10-22-25(18)17(14)23-15-7-4-12(20)8-11(15)2/h4,7-10,13,23-24H,3,5-6H2,1-2H3. The Balaban J connectivity index is 1.85. The third-order valence-corrected chi connectivity index (χ3v) is 6.13. The van der Waals surface area contributed by atoms with Gasteiger partial charge in [0.05, 0.1) is 12.8 Å². The van der Waals surface area contributed by atoms with Gasteiger partial charge in [-0.15, -0.1) is 0 Å². The summed E-state index contributed by atoms with van der Waals surface area (Å²) in [5.41, 5.74) is 1.23. The number of aromatic nitrogens is 3. The molecule has 1 fully saturated rings. The highest BCUT2D eigenvalue weighted by atomic mass is 32.2. The molecule has 0 radical (unpaired) electrons. The van der Waals surface area contributed by atoms with E-state index in [9.17, 15) is 17.6 Å². The number of anilines is 2. The molecule has 30 heavy (non-hydrogen) atoms. The molecule has 0 unspecified atom stereocenters. The van der Waals surface area contributed by atoms with Gasteiger partial charge in [-0.1, -0.05) is 0 Å². The minimum Gasteiger partial charge on any atom is -0.462 e.